The lowest BCUT2D eigenvalue weighted by atomic mass is 9.80. The van der Waals surface area contributed by atoms with Gasteiger partial charge in [-0.1, -0.05) is 72.6 Å². The van der Waals surface area contributed by atoms with Crippen molar-refractivity contribution in [1.82, 2.24) is 0 Å². The maximum Gasteiger partial charge on any atom is 0.127 e. The van der Waals surface area contributed by atoms with Crippen LogP contribution in [0.15, 0.2) is 0 Å². The Labute approximate surface area is 248 Å². The highest BCUT2D eigenvalue weighted by atomic mass is 16.5. The zero-order valence-corrected chi connectivity index (χ0v) is 26.7. The van der Waals surface area contributed by atoms with E-state index in [0.29, 0.717) is 29.2 Å². The van der Waals surface area contributed by atoms with Gasteiger partial charge in [-0.15, -0.1) is 0 Å². The first kappa shape index (κ1) is 34.1. The summed E-state index contributed by atoms with van der Waals surface area (Å²) >= 11 is 0. The molecule has 2 unspecified atom stereocenters. The van der Waals surface area contributed by atoms with Crippen molar-refractivity contribution in [2.75, 3.05) is 6.61 Å². The van der Waals surface area contributed by atoms with Crippen LogP contribution in [0.1, 0.15) is 127 Å². The highest BCUT2D eigenvalue weighted by Crippen LogP contribution is 2.49. The average molecular weight is 579 g/mol. The van der Waals surface area contributed by atoms with E-state index in [1.807, 2.05) is 6.92 Å². The lowest BCUT2D eigenvalue weighted by Gasteiger charge is -2.43. The second-order valence-corrected chi connectivity index (χ2v) is 14.0. The monoisotopic (exact) mass is 578 g/mol. The molecule has 2 heterocycles. The van der Waals surface area contributed by atoms with Crippen LogP contribution in [0.4, 0.5) is 0 Å². The third kappa shape index (κ3) is 8.38. The van der Waals surface area contributed by atoms with Gasteiger partial charge in [-0.25, -0.2) is 0 Å². The van der Waals surface area contributed by atoms with Gasteiger partial charge >= 0.3 is 0 Å². The SMILES string of the molecule is Cc1c(C)c2c(c([C@@H]3O[C@H](CO)[C@@H](O)[C@H](O)[C@H]3O)c1O)CC[C@](C)(CCCC(C)CCCC(C)CCCC(C)C)O2. The summed E-state index contributed by atoms with van der Waals surface area (Å²) in [5.41, 5.74) is 2.30. The van der Waals surface area contributed by atoms with E-state index in [0.717, 1.165) is 42.2 Å². The molecule has 2 aliphatic rings. The molecule has 0 bridgehead atoms. The quantitative estimate of drug-likeness (QED) is 0.182. The highest BCUT2D eigenvalue weighted by molar-refractivity contribution is 5.60. The van der Waals surface area contributed by atoms with Gasteiger partial charge in [0.1, 0.15) is 47.6 Å². The Kier molecular flexibility index (Phi) is 12.4. The lowest BCUT2D eigenvalue weighted by molar-refractivity contribution is -0.232. The maximum absolute atomic E-state index is 11.2. The standard InChI is InChI=1S/C34H58O7/c1-20(2)11-8-12-21(3)13-9-14-22(4)15-10-17-34(7)18-16-25-27(28(36)23(5)24(6)32(25)41-34)33-31(39)30(38)29(37)26(19-35)40-33/h20-22,26,29-31,33,35-39H,8-19H2,1-7H3/t21?,22?,26-,29-,30+,31-,33+,34+/m1/s1. The van der Waals surface area contributed by atoms with Crippen molar-refractivity contribution in [3.05, 3.63) is 22.3 Å². The number of aliphatic hydroxyl groups excluding tert-OH is 4. The van der Waals surface area contributed by atoms with Crippen LogP contribution in [0.2, 0.25) is 0 Å². The molecule has 1 aromatic carbocycles. The summed E-state index contributed by atoms with van der Waals surface area (Å²) in [5.74, 6) is 3.02. The van der Waals surface area contributed by atoms with E-state index in [-0.39, 0.29) is 11.4 Å². The van der Waals surface area contributed by atoms with Crippen LogP contribution in [-0.2, 0) is 11.2 Å². The lowest BCUT2D eigenvalue weighted by Crippen LogP contribution is -2.55. The Balaban J connectivity index is 1.61. The first-order valence-corrected chi connectivity index (χ1v) is 16.1. The van der Waals surface area contributed by atoms with Crippen LogP contribution in [0.3, 0.4) is 0 Å². The van der Waals surface area contributed by atoms with Gasteiger partial charge in [0.2, 0.25) is 0 Å². The van der Waals surface area contributed by atoms with Crippen LogP contribution < -0.4 is 4.74 Å². The van der Waals surface area contributed by atoms with Gasteiger partial charge in [0.05, 0.1) is 6.61 Å². The predicted octanol–water partition coefficient (Wildman–Crippen LogP) is 6.05. The molecule has 41 heavy (non-hydrogen) atoms. The van der Waals surface area contributed by atoms with Crippen molar-refractivity contribution >= 4 is 0 Å². The normalized spacial score (nSPS) is 29.7. The summed E-state index contributed by atoms with van der Waals surface area (Å²) in [6.07, 6.45) is 5.98. The van der Waals surface area contributed by atoms with Crippen molar-refractivity contribution in [3.63, 3.8) is 0 Å². The molecule has 8 atom stereocenters. The summed E-state index contributed by atoms with van der Waals surface area (Å²) in [4.78, 5) is 0. The van der Waals surface area contributed by atoms with Crippen LogP contribution in [-0.4, -0.2) is 62.2 Å². The Morgan fingerprint density at radius 1 is 0.829 bits per heavy atom. The van der Waals surface area contributed by atoms with E-state index in [1.165, 1.54) is 44.9 Å². The van der Waals surface area contributed by atoms with Crippen LogP contribution in [0.25, 0.3) is 0 Å². The maximum atomic E-state index is 11.2. The van der Waals surface area contributed by atoms with Crippen molar-refractivity contribution < 1.29 is 35.0 Å². The summed E-state index contributed by atoms with van der Waals surface area (Å²) in [6.45, 7) is 14.8. The number of fused-ring (bicyclic) bond motifs is 1. The molecule has 0 spiro atoms. The number of aliphatic hydroxyl groups is 4. The second kappa shape index (κ2) is 14.9. The van der Waals surface area contributed by atoms with Gasteiger partial charge in [0, 0.05) is 11.1 Å². The number of hydrogen-bond donors (Lipinski definition) is 5. The van der Waals surface area contributed by atoms with Gasteiger partial charge in [-0.2, -0.15) is 0 Å². The van der Waals surface area contributed by atoms with Crippen molar-refractivity contribution in [2.24, 2.45) is 17.8 Å². The van der Waals surface area contributed by atoms with Gasteiger partial charge in [0.15, 0.2) is 0 Å². The minimum absolute atomic E-state index is 0.000785. The highest BCUT2D eigenvalue weighted by Gasteiger charge is 2.47. The van der Waals surface area contributed by atoms with Crippen molar-refractivity contribution in [2.45, 2.75) is 155 Å². The Morgan fingerprint density at radius 3 is 2.00 bits per heavy atom. The molecule has 7 nitrogen and oxygen atoms in total. The summed E-state index contributed by atoms with van der Waals surface area (Å²) in [6, 6.07) is 0. The molecule has 0 saturated carbocycles. The molecule has 2 aliphatic heterocycles. The molecule has 7 heteroatoms. The zero-order valence-electron chi connectivity index (χ0n) is 26.7. The van der Waals surface area contributed by atoms with Gasteiger partial charge < -0.3 is 35.0 Å². The number of aromatic hydroxyl groups is 1. The van der Waals surface area contributed by atoms with E-state index in [4.69, 9.17) is 9.47 Å². The van der Waals surface area contributed by atoms with Gasteiger partial charge in [-0.3, -0.25) is 0 Å². The van der Waals surface area contributed by atoms with Gasteiger partial charge in [-0.05, 0) is 75.3 Å². The van der Waals surface area contributed by atoms with E-state index in [2.05, 4.69) is 34.6 Å². The Hall–Kier alpha value is -1.38. The average Bonchev–Trinajstić information content (AvgIpc) is 2.92. The molecule has 0 amide bonds. The third-order valence-corrected chi connectivity index (χ3v) is 9.82. The minimum atomic E-state index is -1.51. The van der Waals surface area contributed by atoms with E-state index < -0.39 is 37.1 Å². The molecule has 1 saturated heterocycles. The number of phenolic OH excluding ortho intramolecular Hbond substituents is 1. The zero-order chi connectivity index (χ0) is 30.5. The van der Waals surface area contributed by atoms with Crippen LogP contribution >= 0.6 is 0 Å². The Morgan fingerprint density at radius 2 is 1.41 bits per heavy atom. The molecular weight excluding hydrogens is 520 g/mol. The van der Waals surface area contributed by atoms with Crippen LogP contribution in [0, 0.1) is 31.6 Å². The number of benzene rings is 1. The third-order valence-electron chi connectivity index (χ3n) is 9.82. The molecular formula is C34H58O7. The molecule has 1 fully saturated rings. The van der Waals surface area contributed by atoms with E-state index >= 15 is 0 Å². The summed E-state index contributed by atoms with van der Waals surface area (Å²) < 4.78 is 12.5. The molecule has 5 N–H and O–H groups in total. The molecule has 0 radical (unpaired) electrons. The topological polar surface area (TPSA) is 120 Å². The largest absolute Gasteiger partial charge is 0.507 e. The number of hydrogen-bond acceptors (Lipinski definition) is 7. The van der Waals surface area contributed by atoms with E-state index in [9.17, 15) is 25.5 Å². The Bertz CT molecular complexity index is 977. The second-order valence-electron chi connectivity index (χ2n) is 14.0. The predicted molar refractivity (Wildman–Crippen MR) is 162 cm³/mol. The first-order chi connectivity index (χ1) is 19.3. The number of ether oxygens (including phenoxy) is 2. The minimum Gasteiger partial charge on any atom is -0.507 e. The number of rotatable bonds is 14. The molecule has 1 aromatic rings. The summed E-state index contributed by atoms with van der Waals surface area (Å²) in [7, 11) is 0. The van der Waals surface area contributed by atoms with Crippen molar-refractivity contribution in [1.29, 1.82) is 0 Å². The molecule has 0 aliphatic carbocycles. The number of phenols is 1. The first-order valence-electron chi connectivity index (χ1n) is 16.1. The van der Waals surface area contributed by atoms with Crippen molar-refractivity contribution in [3.8, 4) is 11.5 Å². The fourth-order valence-corrected chi connectivity index (χ4v) is 6.74. The fraction of sp³-hybridized carbons (Fsp3) is 0.824. The molecule has 3 rings (SSSR count). The smallest absolute Gasteiger partial charge is 0.127 e. The van der Waals surface area contributed by atoms with Crippen LogP contribution in [0.5, 0.6) is 11.5 Å². The fourth-order valence-electron chi connectivity index (χ4n) is 6.74. The summed E-state index contributed by atoms with van der Waals surface area (Å²) in [5, 5.41) is 52.3. The van der Waals surface area contributed by atoms with E-state index in [1.54, 1.807) is 6.92 Å². The molecule has 0 aromatic heterocycles. The van der Waals surface area contributed by atoms with Gasteiger partial charge in [0.25, 0.3) is 0 Å². The molecule has 236 valence electrons.